The van der Waals surface area contributed by atoms with Gasteiger partial charge in [0.05, 0.1) is 10.0 Å². The van der Waals surface area contributed by atoms with E-state index in [4.69, 9.17) is 28.9 Å². The molecule has 1 aliphatic heterocycles. The first-order valence-corrected chi connectivity index (χ1v) is 8.49. The highest BCUT2D eigenvalue weighted by Gasteiger charge is 2.27. The predicted molar refractivity (Wildman–Crippen MR) is 94.9 cm³/mol. The fourth-order valence-corrected chi connectivity index (χ4v) is 3.28. The first-order chi connectivity index (χ1) is 11.5. The van der Waals surface area contributed by atoms with E-state index < -0.39 is 5.82 Å². The van der Waals surface area contributed by atoms with E-state index in [2.05, 4.69) is 0 Å². The molecule has 1 amide bonds. The second kappa shape index (κ2) is 7.09. The Kier molecular flexibility index (Phi) is 5.09. The molecule has 0 aromatic heterocycles. The van der Waals surface area contributed by atoms with Crippen molar-refractivity contribution in [1.82, 2.24) is 4.90 Å². The molecule has 2 aromatic carbocycles. The highest BCUT2D eigenvalue weighted by Crippen LogP contribution is 2.32. The Bertz CT molecular complexity index is 782. The fourth-order valence-electron chi connectivity index (χ4n) is 2.99. The van der Waals surface area contributed by atoms with Gasteiger partial charge in [-0.1, -0.05) is 29.3 Å². The molecule has 3 nitrogen and oxygen atoms in total. The second-order valence-electron chi connectivity index (χ2n) is 5.96. The van der Waals surface area contributed by atoms with E-state index in [1.165, 1.54) is 18.2 Å². The van der Waals surface area contributed by atoms with Crippen molar-refractivity contribution in [3.05, 3.63) is 57.8 Å². The molecule has 6 heteroatoms. The maximum Gasteiger partial charge on any atom is 0.254 e. The minimum atomic E-state index is -0.408. The van der Waals surface area contributed by atoms with Crippen molar-refractivity contribution in [2.24, 2.45) is 11.7 Å². The maximum atomic E-state index is 13.8. The van der Waals surface area contributed by atoms with E-state index in [1.807, 2.05) is 0 Å². The highest BCUT2D eigenvalue weighted by atomic mass is 35.5. The fraction of sp³-hybridized carbons (Fsp3) is 0.278. The highest BCUT2D eigenvalue weighted by molar-refractivity contribution is 6.42. The van der Waals surface area contributed by atoms with Crippen LogP contribution in [0.5, 0.6) is 0 Å². The molecule has 0 spiro atoms. The summed E-state index contributed by atoms with van der Waals surface area (Å²) in [5.74, 6) is -0.205. The van der Waals surface area contributed by atoms with Gasteiger partial charge in [-0.15, -0.1) is 0 Å². The number of carbonyl (C=O) groups excluding carboxylic acids is 1. The first-order valence-electron chi connectivity index (χ1n) is 7.74. The Morgan fingerprint density at radius 2 is 2.00 bits per heavy atom. The van der Waals surface area contributed by atoms with Crippen molar-refractivity contribution in [2.75, 3.05) is 19.6 Å². The van der Waals surface area contributed by atoms with Crippen molar-refractivity contribution < 1.29 is 9.18 Å². The first kappa shape index (κ1) is 17.2. The number of nitrogens with two attached hydrogens (primary N) is 1. The molecule has 0 bridgehead atoms. The predicted octanol–water partition coefficient (Wildman–Crippen LogP) is 4.22. The maximum absolute atomic E-state index is 13.8. The number of likely N-dealkylation sites (tertiary alicyclic amines) is 1. The molecule has 0 aliphatic carbocycles. The molecule has 2 N–H and O–H groups in total. The average molecular weight is 367 g/mol. The summed E-state index contributed by atoms with van der Waals surface area (Å²) < 4.78 is 13.8. The van der Waals surface area contributed by atoms with Crippen LogP contribution in [0.25, 0.3) is 11.1 Å². The molecule has 1 atom stereocenters. The van der Waals surface area contributed by atoms with Gasteiger partial charge in [0.25, 0.3) is 5.91 Å². The summed E-state index contributed by atoms with van der Waals surface area (Å²) in [6.45, 7) is 1.86. The standard InChI is InChI=1S/C18H17Cl2FN2O/c19-16-4-1-12(7-17(16)20)15-8-13(21)2-3-14(15)18(24)23-6-5-11(9-22)10-23/h1-4,7-8,11H,5-6,9-10,22H2. The van der Waals surface area contributed by atoms with Crippen LogP contribution in [-0.4, -0.2) is 30.4 Å². The zero-order chi connectivity index (χ0) is 17.3. The van der Waals surface area contributed by atoms with E-state index in [-0.39, 0.29) is 5.91 Å². The van der Waals surface area contributed by atoms with E-state index in [0.717, 1.165) is 6.42 Å². The Morgan fingerprint density at radius 3 is 2.67 bits per heavy atom. The third kappa shape index (κ3) is 3.41. The minimum Gasteiger partial charge on any atom is -0.338 e. The number of hydrogen-bond donors (Lipinski definition) is 1. The van der Waals surface area contributed by atoms with Crippen LogP contribution in [0.2, 0.25) is 10.0 Å². The van der Waals surface area contributed by atoms with Gasteiger partial charge in [-0.3, -0.25) is 4.79 Å². The molecule has 2 aromatic rings. The van der Waals surface area contributed by atoms with Gasteiger partial charge >= 0.3 is 0 Å². The second-order valence-corrected chi connectivity index (χ2v) is 6.77. The van der Waals surface area contributed by atoms with Crippen LogP contribution in [-0.2, 0) is 0 Å². The summed E-state index contributed by atoms with van der Waals surface area (Å²) in [5.41, 5.74) is 7.31. The van der Waals surface area contributed by atoms with Crippen LogP contribution in [0.4, 0.5) is 4.39 Å². The number of halogens is 3. The van der Waals surface area contributed by atoms with Gasteiger partial charge in [-0.2, -0.15) is 0 Å². The lowest BCUT2D eigenvalue weighted by atomic mass is 9.98. The van der Waals surface area contributed by atoms with Crippen molar-refractivity contribution in [2.45, 2.75) is 6.42 Å². The summed E-state index contributed by atoms with van der Waals surface area (Å²) in [5, 5.41) is 0.774. The largest absolute Gasteiger partial charge is 0.338 e. The summed E-state index contributed by atoms with van der Waals surface area (Å²) in [6.07, 6.45) is 0.894. The number of hydrogen-bond acceptors (Lipinski definition) is 2. The summed E-state index contributed by atoms with van der Waals surface area (Å²) in [4.78, 5) is 14.6. The van der Waals surface area contributed by atoms with Gasteiger partial charge in [0.15, 0.2) is 0 Å². The monoisotopic (exact) mass is 366 g/mol. The minimum absolute atomic E-state index is 0.118. The Hall–Kier alpha value is -1.62. The molecule has 126 valence electrons. The molecule has 1 aliphatic rings. The Balaban J connectivity index is 1.99. The topological polar surface area (TPSA) is 46.3 Å². The third-order valence-corrected chi connectivity index (χ3v) is 5.09. The lowest BCUT2D eigenvalue weighted by molar-refractivity contribution is 0.0788. The van der Waals surface area contributed by atoms with Crippen LogP contribution in [0.3, 0.4) is 0 Å². The van der Waals surface area contributed by atoms with Crippen LogP contribution >= 0.6 is 23.2 Å². The van der Waals surface area contributed by atoms with E-state index in [9.17, 15) is 9.18 Å². The van der Waals surface area contributed by atoms with Crippen molar-refractivity contribution in [3.8, 4) is 11.1 Å². The van der Waals surface area contributed by atoms with Gasteiger partial charge in [-0.05, 0) is 60.3 Å². The normalized spacial score (nSPS) is 17.3. The van der Waals surface area contributed by atoms with Crippen molar-refractivity contribution in [1.29, 1.82) is 0 Å². The van der Waals surface area contributed by atoms with Gasteiger partial charge in [0, 0.05) is 18.7 Å². The SMILES string of the molecule is NCC1CCN(C(=O)c2ccc(F)cc2-c2ccc(Cl)c(Cl)c2)C1. The number of benzene rings is 2. The van der Waals surface area contributed by atoms with Gasteiger partial charge < -0.3 is 10.6 Å². The van der Waals surface area contributed by atoms with E-state index >= 15 is 0 Å². The van der Waals surface area contributed by atoms with Gasteiger partial charge in [0.2, 0.25) is 0 Å². The molecule has 1 fully saturated rings. The smallest absolute Gasteiger partial charge is 0.254 e. The van der Waals surface area contributed by atoms with Crippen LogP contribution in [0.15, 0.2) is 36.4 Å². The quantitative estimate of drug-likeness (QED) is 0.883. The zero-order valence-corrected chi connectivity index (χ0v) is 14.4. The van der Waals surface area contributed by atoms with Crippen LogP contribution in [0.1, 0.15) is 16.8 Å². The van der Waals surface area contributed by atoms with Gasteiger partial charge in [-0.25, -0.2) is 4.39 Å². The van der Waals surface area contributed by atoms with E-state index in [0.29, 0.717) is 52.3 Å². The summed E-state index contributed by atoms with van der Waals surface area (Å²) in [6, 6.07) is 9.17. The lowest BCUT2D eigenvalue weighted by Crippen LogP contribution is -2.30. The van der Waals surface area contributed by atoms with Crippen LogP contribution < -0.4 is 5.73 Å². The molecule has 1 heterocycles. The molecular formula is C18H17Cl2FN2O. The number of nitrogens with zero attached hydrogens (tertiary/aromatic N) is 1. The van der Waals surface area contributed by atoms with Crippen LogP contribution in [0, 0.1) is 11.7 Å². The molecule has 0 saturated carbocycles. The number of carbonyl (C=O) groups is 1. The molecule has 1 unspecified atom stereocenters. The van der Waals surface area contributed by atoms with Gasteiger partial charge in [0.1, 0.15) is 5.82 Å². The molecule has 3 rings (SSSR count). The Labute approximate surface area is 150 Å². The number of rotatable bonds is 3. The Morgan fingerprint density at radius 1 is 1.21 bits per heavy atom. The molecule has 0 radical (unpaired) electrons. The zero-order valence-electron chi connectivity index (χ0n) is 12.9. The molecule has 24 heavy (non-hydrogen) atoms. The van der Waals surface area contributed by atoms with Crippen molar-refractivity contribution in [3.63, 3.8) is 0 Å². The number of amides is 1. The summed E-state index contributed by atoms with van der Waals surface area (Å²) >= 11 is 12.0. The molecular weight excluding hydrogens is 350 g/mol. The summed E-state index contributed by atoms with van der Waals surface area (Å²) in [7, 11) is 0. The van der Waals surface area contributed by atoms with Crippen molar-refractivity contribution >= 4 is 29.1 Å². The lowest BCUT2D eigenvalue weighted by Gasteiger charge is -2.19. The molecule has 1 saturated heterocycles. The average Bonchev–Trinajstić information content (AvgIpc) is 3.06. The third-order valence-electron chi connectivity index (χ3n) is 4.35. The van der Waals surface area contributed by atoms with E-state index in [1.54, 1.807) is 23.1 Å².